The van der Waals surface area contributed by atoms with E-state index in [0.29, 0.717) is 0 Å². The lowest BCUT2D eigenvalue weighted by Crippen LogP contribution is -2.29. The molecule has 0 aliphatic rings. The fourth-order valence-electron chi connectivity index (χ4n) is 2.40. The standard InChI is InChI=1S/C15H14F2N4/c16-11-4-5-13(17)10(7-11)8-14(20-18)12-9-19-21-6-2-1-3-15(12)21/h1-7,9,14,20H,8,18H2. The Labute approximate surface area is 120 Å². The van der Waals surface area contributed by atoms with Crippen molar-refractivity contribution in [3.8, 4) is 0 Å². The van der Waals surface area contributed by atoms with Crippen molar-refractivity contribution in [1.82, 2.24) is 15.0 Å². The zero-order valence-corrected chi connectivity index (χ0v) is 11.1. The Bertz CT molecular complexity index is 769. The van der Waals surface area contributed by atoms with Gasteiger partial charge in [0.2, 0.25) is 0 Å². The number of hydrazine groups is 1. The number of hydrogen-bond donors (Lipinski definition) is 2. The summed E-state index contributed by atoms with van der Waals surface area (Å²) in [6.45, 7) is 0. The van der Waals surface area contributed by atoms with Gasteiger partial charge in [0.15, 0.2) is 0 Å². The molecule has 0 saturated heterocycles. The molecule has 3 aromatic rings. The molecule has 3 rings (SSSR count). The molecule has 0 saturated carbocycles. The Hall–Kier alpha value is -2.31. The lowest BCUT2D eigenvalue weighted by molar-refractivity contribution is 0.525. The molecular weight excluding hydrogens is 274 g/mol. The average Bonchev–Trinajstić information content (AvgIpc) is 2.92. The summed E-state index contributed by atoms with van der Waals surface area (Å²) in [5.74, 6) is 4.67. The molecule has 2 heterocycles. The predicted molar refractivity (Wildman–Crippen MR) is 75.3 cm³/mol. The second kappa shape index (κ2) is 5.59. The first-order valence-electron chi connectivity index (χ1n) is 6.51. The van der Waals surface area contributed by atoms with Gasteiger partial charge < -0.3 is 0 Å². The van der Waals surface area contributed by atoms with Crippen molar-refractivity contribution in [3.63, 3.8) is 0 Å². The van der Waals surface area contributed by atoms with E-state index >= 15 is 0 Å². The number of pyridine rings is 1. The third-order valence-electron chi connectivity index (χ3n) is 3.46. The second-order valence-corrected chi connectivity index (χ2v) is 4.79. The van der Waals surface area contributed by atoms with Crippen LogP contribution in [0.15, 0.2) is 48.8 Å². The Balaban J connectivity index is 1.97. The monoisotopic (exact) mass is 288 g/mol. The number of benzene rings is 1. The lowest BCUT2D eigenvalue weighted by Gasteiger charge is -2.15. The summed E-state index contributed by atoms with van der Waals surface area (Å²) >= 11 is 0. The van der Waals surface area contributed by atoms with Gasteiger partial charge in [0.1, 0.15) is 11.6 Å². The van der Waals surface area contributed by atoms with Crippen LogP contribution in [0.25, 0.3) is 5.52 Å². The van der Waals surface area contributed by atoms with Crippen LogP contribution in [-0.4, -0.2) is 9.61 Å². The molecule has 0 aliphatic heterocycles. The van der Waals surface area contributed by atoms with E-state index in [0.717, 1.165) is 23.2 Å². The molecule has 2 aromatic heterocycles. The minimum atomic E-state index is -0.470. The molecule has 1 unspecified atom stereocenters. The van der Waals surface area contributed by atoms with Gasteiger partial charge in [0, 0.05) is 11.8 Å². The Morgan fingerprint density at radius 2 is 2.10 bits per heavy atom. The van der Waals surface area contributed by atoms with Gasteiger partial charge in [-0.3, -0.25) is 11.3 Å². The number of fused-ring (bicyclic) bond motifs is 1. The van der Waals surface area contributed by atoms with Crippen LogP contribution in [0.1, 0.15) is 17.2 Å². The van der Waals surface area contributed by atoms with Gasteiger partial charge in [0.05, 0.1) is 17.8 Å². The van der Waals surface area contributed by atoms with E-state index in [2.05, 4.69) is 10.5 Å². The highest BCUT2D eigenvalue weighted by Crippen LogP contribution is 2.23. The molecule has 108 valence electrons. The zero-order chi connectivity index (χ0) is 14.8. The maximum atomic E-state index is 13.8. The maximum Gasteiger partial charge on any atom is 0.126 e. The van der Waals surface area contributed by atoms with E-state index in [1.807, 2.05) is 24.4 Å². The molecular formula is C15H14F2N4. The van der Waals surface area contributed by atoms with Crippen molar-refractivity contribution in [2.24, 2.45) is 5.84 Å². The van der Waals surface area contributed by atoms with Gasteiger partial charge in [-0.1, -0.05) is 6.07 Å². The Kier molecular flexibility index (Phi) is 3.64. The maximum absolute atomic E-state index is 13.8. The third kappa shape index (κ3) is 2.63. The number of halogens is 2. The van der Waals surface area contributed by atoms with Crippen LogP contribution in [-0.2, 0) is 6.42 Å². The molecule has 1 atom stereocenters. The molecule has 21 heavy (non-hydrogen) atoms. The smallest absolute Gasteiger partial charge is 0.126 e. The number of nitrogens with one attached hydrogen (secondary N) is 1. The summed E-state index contributed by atoms with van der Waals surface area (Å²) in [4.78, 5) is 0. The van der Waals surface area contributed by atoms with Gasteiger partial charge in [-0.15, -0.1) is 0 Å². The van der Waals surface area contributed by atoms with E-state index in [-0.39, 0.29) is 18.0 Å². The number of rotatable bonds is 4. The Morgan fingerprint density at radius 3 is 2.90 bits per heavy atom. The highest BCUT2D eigenvalue weighted by atomic mass is 19.1. The lowest BCUT2D eigenvalue weighted by atomic mass is 10.00. The van der Waals surface area contributed by atoms with Gasteiger partial charge in [-0.25, -0.2) is 13.3 Å². The number of nitrogens with two attached hydrogens (primary N) is 1. The summed E-state index contributed by atoms with van der Waals surface area (Å²) in [6, 6.07) is 8.69. The fourth-order valence-corrected chi connectivity index (χ4v) is 2.40. The summed E-state index contributed by atoms with van der Waals surface area (Å²) in [7, 11) is 0. The molecule has 0 spiro atoms. The molecule has 0 fully saturated rings. The molecule has 6 heteroatoms. The van der Waals surface area contributed by atoms with Crippen molar-refractivity contribution >= 4 is 5.52 Å². The first kappa shape index (κ1) is 13.7. The van der Waals surface area contributed by atoms with Crippen molar-refractivity contribution in [1.29, 1.82) is 0 Å². The summed E-state index contributed by atoms with van der Waals surface area (Å²) in [6.07, 6.45) is 3.72. The summed E-state index contributed by atoms with van der Waals surface area (Å²) < 4.78 is 28.7. The van der Waals surface area contributed by atoms with Crippen LogP contribution in [0.4, 0.5) is 8.78 Å². The highest BCUT2D eigenvalue weighted by molar-refractivity contribution is 5.55. The molecule has 4 nitrogen and oxygen atoms in total. The summed E-state index contributed by atoms with van der Waals surface area (Å²) in [5, 5.41) is 4.22. The molecule has 0 aliphatic carbocycles. The van der Waals surface area contributed by atoms with Crippen LogP contribution in [0.3, 0.4) is 0 Å². The normalized spacial score (nSPS) is 12.7. The van der Waals surface area contributed by atoms with Crippen LogP contribution in [0.2, 0.25) is 0 Å². The van der Waals surface area contributed by atoms with Crippen molar-refractivity contribution < 1.29 is 8.78 Å². The van der Waals surface area contributed by atoms with Gasteiger partial charge in [-0.2, -0.15) is 5.10 Å². The highest BCUT2D eigenvalue weighted by Gasteiger charge is 2.17. The van der Waals surface area contributed by atoms with E-state index in [4.69, 9.17) is 5.84 Å². The van der Waals surface area contributed by atoms with Crippen molar-refractivity contribution in [3.05, 3.63) is 71.6 Å². The molecule has 0 bridgehead atoms. The second-order valence-electron chi connectivity index (χ2n) is 4.79. The molecule has 3 N–H and O–H groups in total. The van der Waals surface area contributed by atoms with Crippen LogP contribution >= 0.6 is 0 Å². The van der Waals surface area contributed by atoms with Crippen LogP contribution in [0.5, 0.6) is 0 Å². The van der Waals surface area contributed by atoms with E-state index in [1.54, 1.807) is 10.7 Å². The SMILES string of the molecule is NNC(Cc1cc(F)ccc1F)c1cnn2ccccc12. The van der Waals surface area contributed by atoms with Crippen molar-refractivity contribution in [2.75, 3.05) is 0 Å². The largest absolute Gasteiger partial charge is 0.271 e. The van der Waals surface area contributed by atoms with E-state index < -0.39 is 11.6 Å². The van der Waals surface area contributed by atoms with Gasteiger partial charge >= 0.3 is 0 Å². The van der Waals surface area contributed by atoms with E-state index in [1.165, 1.54) is 6.07 Å². The topological polar surface area (TPSA) is 55.3 Å². The number of aromatic nitrogens is 2. The minimum absolute atomic E-state index is 0.232. The first-order chi connectivity index (χ1) is 10.2. The molecule has 1 aromatic carbocycles. The molecule has 0 amide bonds. The van der Waals surface area contributed by atoms with Gasteiger partial charge in [0.25, 0.3) is 0 Å². The van der Waals surface area contributed by atoms with Crippen LogP contribution in [0, 0.1) is 11.6 Å². The molecule has 0 radical (unpaired) electrons. The fraction of sp³-hybridized carbons (Fsp3) is 0.133. The average molecular weight is 288 g/mol. The number of hydrogen-bond acceptors (Lipinski definition) is 3. The van der Waals surface area contributed by atoms with Crippen molar-refractivity contribution in [2.45, 2.75) is 12.5 Å². The Morgan fingerprint density at radius 1 is 1.24 bits per heavy atom. The quantitative estimate of drug-likeness (QED) is 0.572. The van der Waals surface area contributed by atoms with E-state index in [9.17, 15) is 8.78 Å². The third-order valence-corrected chi connectivity index (χ3v) is 3.46. The summed E-state index contributed by atoms with van der Waals surface area (Å²) in [5.41, 5.74) is 4.63. The first-order valence-corrected chi connectivity index (χ1v) is 6.51. The minimum Gasteiger partial charge on any atom is -0.271 e. The van der Waals surface area contributed by atoms with Gasteiger partial charge in [-0.05, 0) is 42.3 Å². The predicted octanol–water partition coefficient (Wildman–Crippen LogP) is 2.36. The zero-order valence-electron chi connectivity index (χ0n) is 11.1. The number of nitrogens with zero attached hydrogens (tertiary/aromatic N) is 2. The van der Waals surface area contributed by atoms with Crippen LogP contribution < -0.4 is 11.3 Å².